The minimum Gasteiger partial charge on any atom is -0.462 e. The van der Waals surface area contributed by atoms with Gasteiger partial charge in [-0.2, -0.15) is 0 Å². The summed E-state index contributed by atoms with van der Waals surface area (Å²) in [4.78, 5) is 26.4. The number of ether oxygens (including phenoxy) is 1. The molecule has 24 heavy (non-hydrogen) atoms. The molecular formula is C19H27NO3S. The van der Waals surface area contributed by atoms with Crippen molar-refractivity contribution in [3.63, 3.8) is 0 Å². The fourth-order valence-corrected chi connectivity index (χ4v) is 4.95. The Balaban J connectivity index is 1.74. The van der Waals surface area contributed by atoms with Crippen molar-refractivity contribution >= 4 is 28.2 Å². The first kappa shape index (κ1) is 17.5. The summed E-state index contributed by atoms with van der Waals surface area (Å²) in [7, 11) is 0. The van der Waals surface area contributed by atoms with Gasteiger partial charge in [0.1, 0.15) is 5.00 Å². The molecule has 3 rings (SSSR count). The Morgan fingerprint density at radius 2 is 1.96 bits per heavy atom. The zero-order chi connectivity index (χ0) is 16.9. The number of nitrogens with one attached hydrogen (secondary N) is 1. The van der Waals surface area contributed by atoms with Crippen molar-refractivity contribution in [1.82, 2.24) is 0 Å². The van der Waals surface area contributed by atoms with Crippen LogP contribution in [0.5, 0.6) is 0 Å². The van der Waals surface area contributed by atoms with Gasteiger partial charge < -0.3 is 10.1 Å². The Morgan fingerprint density at radius 3 is 2.71 bits per heavy atom. The lowest BCUT2D eigenvalue weighted by atomic mass is 9.89. The molecule has 0 aromatic carbocycles. The van der Waals surface area contributed by atoms with Crippen LogP contribution in [-0.4, -0.2) is 18.5 Å². The van der Waals surface area contributed by atoms with Crippen molar-refractivity contribution in [3.05, 3.63) is 16.0 Å². The highest BCUT2D eigenvalue weighted by atomic mass is 32.1. The van der Waals surface area contributed by atoms with E-state index >= 15 is 0 Å². The third-order valence-corrected chi connectivity index (χ3v) is 6.28. The molecule has 0 atom stereocenters. The number of anilines is 1. The number of hydrogen-bond donors (Lipinski definition) is 1. The van der Waals surface area contributed by atoms with Gasteiger partial charge in [-0.25, -0.2) is 4.79 Å². The molecule has 1 fully saturated rings. The highest BCUT2D eigenvalue weighted by Crippen LogP contribution is 2.40. The van der Waals surface area contributed by atoms with Crippen LogP contribution in [0.2, 0.25) is 0 Å². The number of thiophene rings is 1. The van der Waals surface area contributed by atoms with E-state index in [1.807, 2.05) is 0 Å². The normalized spacial score (nSPS) is 17.5. The maximum Gasteiger partial charge on any atom is 0.341 e. The van der Waals surface area contributed by atoms with E-state index in [4.69, 9.17) is 4.74 Å². The molecule has 0 bridgehead atoms. The summed E-state index contributed by atoms with van der Waals surface area (Å²) >= 11 is 1.58. The van der Waals surface area contributed by atoms with E-state index in [9.17, 15) is 9.59 Å². The van der Waals surface area contributed by atoms with Crippen molar-refractivity contribution in [2.75, 3.05) is 11.9 Å². The maximum atomic E-state index is 12.6. The van der Waals surface area contributed by atoms with Crippen molar-refractivity contribution in [3.8, 4) is 0 Å². The first-order valence-corrected chi connectivity index (χ1v) is 10.1. The van der Waals surface area contributed by atoms with Gasteiger partial charge in [0.2, 0.25) is 5.91 Å². The summed E-state index contributed by atoms with van der Waals surface area (Å²) < 4.78 is 5.44. The van der Waals surface area contributed by atoms with Crippen LogP contribution in [0.4, 0.5) is 5.00 Å². The molecule has 132 valence electrons. The average Bonchev–Trinajstić information content (AvgIpc) is 3.16. The number of aryl methyl sites for hydroxylation is 1. The molecule has 0 radical (unpaired) electrons. The van der Waals surface area contributed by atoms with Crippen LogP contribution in [0.25, 0.3) is 0 Å². The topological polar surface area (TPSA) is 55.4 Å². The number of carbonyl (C=O) groups excluding carboxylic acids is 2. The van der Waals surface area contributed by atoms with Crippen molar-refractivity contribution in [2.24, 2.45) is 5.92 Å². The van der Waals surface area contributed by atoms with Gasteiger partial charge in [0.05, 0.1) is 12.2 Å². The van der Waals surface area contributed by atoms with Gasteiger partial charge in [-0.15, -0.1) is 11.3 Å². The molecule has 2 aliphatic rings. The molecule has 2 aliphatic carbocycles. The van der Waals surface area contributed by atoms with Crippen LogP contribution in [0.15, 0.2) is 0 Å². The zero-order valence-electron chi connectivity index (χ0n) is 14.5. The molecule has 4 nitrogen and oxygen atoms in total. The van der Waals surface area contributed by atoms with Crippen molar-refractivity contribution in [1.29, 1.82) is 0 Å². The lowest BCUT2D eigenvalue weighted by molar-refractivity contribution is -0.120. The SMILES string of the molecule is CCCCOC(=O)c1c(NC(=O)C2CCCCC2)sc2c1CCC2. The summed E-state index contributed by atoms with van der Waals surface area (Å²) in [6.07, 6.45) is 10.3. The summed E-state index contributed by atoms with van der Waals surface area (Å²) in [6, 6.07) is 0. The molecule has 0 spiro atoms. The van der Waals surface area contributed by atoms with Crippen LogP contribution in [0, 0.1) is 5.92 Å². The largest absolute Gasteiger partial charge is 0.462 e. The van der Waals surface area contributed by atoms with Crippen molar-refractivity contribution < 1.29 is 14.3 Å². The molecule has 1 aromatic heterocycles. The van der Waals surface area contributed by atoms with E-state index in [0.29, 0.717) is 12.2 Å². The lowest BCUT2D eigenvalue weighted by Gasteiger charge is -2.20. The standard InChI is InChI=1S/C19H27NO3S/c1-2-3-12-23-19(22)16-14-10-7-11-15(14)24-18(16)20-17(21)13-8-5-4-6-9-13/h13H,2-12H2,1H3,(H,20,21). The summed E-state index contributed by atoms with van der Waals surface area (Å²) in [6.45, 7) is 2.53. The Morgan fingerprint density at radius 1 is 1.17 bits per heavy atom. The van der Waals surface area contributed by atoms with E-state index in [1.54, 1.807) is 11.3 Å². The highest BCUT2D eigenvalue weighted by Gasteiger charge is 2.30. The third kappa shape index (κ3) is 3.82. The first-order chi connectivity index (χ1) is 11.7. The summed E-state index contributed by atoms with van der Waals surface area (Å²) in [5.41, 5.74) is 1.74. The predicted octanol–water partition coefficient (Wildman–Crippen LogP) is 4.71. The van der Waals surface area contributed by atoms with Gasteiger partial charge in [-0.05, 0) is 44.1 Å². The first-order valence-electron chi connectivity index (χ1n) is 9.33. The number of hydrogen-bond acceptors (Lipinski definition) is 4. The Bertz CT molecular complexity index is 602. The molecular weight excluding hydrogens is 322 g/mol. The molecule has 0 saturated heterocycles. The smallest absolute Gasteiger partial charge is 0.341 e. The molecule has 0 aliphatic heterocycles. The lowest BCUT2D eigenvalue weighted by Crippen LogP contribution is -2.25. The molecule has 1 N–H and O–H groups in total. The van der Waals surface area contributed by atoms with E-state index < -0.39 is 0 Å². The zero-order valence-corrected chi connectivity index (χ0v) is 15.3. The molecule has 1 aromatic rings. The van der Waals surface area contributed by atoms with Crippen LogP contribution in [-0.2, 0) is 22.4 Å². The highest BCUT2D eigenvalue weighted by molar-refractivity contribution is 7.17. The van der Waals surface area contributed by atoms with E-state index in [-0.39, 0.29) is 17.8 Å². The molecule has 0 unspecified atom stereocenters. The number of unbranched alkanes of at least 4 members (excludes halogenated alkanes) is 1. The van der Waals surface area contributed by atoms with Gasteiger partial charge in [0.15, 0.2) is 0 Å². The van der Waals surface area contributed by atoms with Gasteiger partial charge >= 0.3 is 5.97 Å². The molecule has 1 amide bonds. The summed E-state index contributed by atoms with van der Waals surface area (Å²) in [5.74, 6) is -0.0846. The second kappa shape index (κ2) is 8.15. The summed E-state index contributed by atoms with van der Waals surface area (Å²) in [5, 5.41) is 3.78. The minimum atomic E-state index is -0.262. The number of fused-ring (bicyclic) bond motifs is 1. The number of carbonyl (C=O) groups is 2. The molecule has 5 heteroatoms. The number of rotatable bonds is 6. The Labute approximate surface area is 148 Å². The number of amides is 1. The fourth-order valence-electron chi connectivity index (χ4n) is 3.67. The Hall–Kier alpha value is -1.36. The van der Waals surface area contributed by atoms with E-state index in [1.165, 1.54) is 11.3 Å². The van der Waals surface area contributed by atoms with E-state index in [2.05, 4.69) is 12.2 Å². The second-order valence-corrected chi connectivity index (χ2v) is 7.98. The van der Waals surface area contributed by atoms with Crippen LogP contribution in [0.3, 0.4) is 0 Å². The maximum absolute atomic E-state index is 12.6. The van der Waals surface area contributed by atoms with Crippen LogP contribution >= 0.6 is 11.3 Å². The third-order valence-electron chi connectivity index (χ3n) is 5.07. The monoisotopic (exact) mass is 349 g/mol. The van der Waals surface area contributed by atoms with Gasteiger partial charge in [-0.3, -0.25) is 4.79 Å². The van der Waals surface area contributed by atoms with E-state index in [0.717, 1.165) is 68.4 Å². The van der Waals surface area contributed by atoms with Gasteiger partial charge in [0, 0.05) is 10.8 Å². The van der Waals surface area contributed by atoms with Gasteiger partial charge in [0.25, 0.3) is 0 Å². The van der Waals surface area contributed by atoms with Gasteiger partial charge in [-0.1, -0.05) is 32.6 Å². The molecule has 1 heterocycles. The fraction of sp³-hybridized carbons (Fsp3) is 0.684. The van der Waals surface area contributed by atoms with Crippen LogP contribution < -0.4 is 5.32 Å². The number of esters is 1. The second-order valence-electron chi connectivity index (χ2n) is 6.88. The average molecular weight is 349 g/mol. The quantitative estimate of drug-likeness (QED) is 0.597. The van der Waals surface area contributed by atoms with Crippen LogP contribution in [0.1, 0.15) is 79.1 Å². The Kier molecular flexibility index (Phi) is 5.93. The molecule has 1 saturated carbocycles. The predicted molar refractivity (Wildman–Crippen MR) is 96.7 cm³/mol. The minimum absolute atomic E-state index is 0.0808. The van der Waals surface area contributed by atoms with Crippen molar-refractivity contribution in [2.45, 2.75) is 71.1 Å².